The van der Waals surface area contributed by atoms with Gasteiger partial charge >= 0.3 is 0 Å². The van der Waals surface area contributed by atoms with Crippen molar-refractivity contribution < 1.29 is 10.0 Å². The van der Waals surface area contributed by atoms with Gasteiger partial charge < -0.3 is 16.3 Å². The molecule has 86 valence electrons. The molecule has 5 heteroatoms. The van der Waals surface area contributed by atoms with Crippen LogP contribution in [-0.2, 0) is 4.79 Å². The molecule has 0 atom stereocenters. The van der Waals surface area contributed by atoms with E-state index >= 15 is 0 Å². The number of amides is 1. The van der Waals surface area contributed by atoms with Crippen molar-refractivity contribution in [3.8, 4) is 0 Å². The molecule has 5 nitrogen and oxygen atoms in total. The van der Waals surface area contributed by atoms with E-state index in [1.807, 2.05) is 6.92 Å². The molecule has 0 aliphatic heterocycles. The lowest BCUT2D eigenvalue weighted by atomic mass is 9.84. The second-order valence-corrected chi connectivity index (χ2v) is 4.03. The number of nitrogens with zero attached hydrogens (tertiary/aromatic N) is 1. The maximum Gasteiger partial charge on any atom is 0.233 e. The monoisotopic (exact) mass is 213 g/mol. The van der Waals surface area contributed by atoms with E-state index in [0.29, 0.717) is 19.4 Å². The largest absolute Gasteiger partial charge is 0.409 e. The highest BCUT2D eigenvalue weighted by Gasteiger charge is 2.45. The maximum atomic E-state index is 11.9. The Morgan fingerprint density at radius 2 is 2.13 bits per heavy atom. The van der Waals surface area contributed by atoms with E-state index in [0.717, 1.165) is 19.3 Å². The van der Waals surface area contributed by atoms with E-state index in [4.69, 9.17) is 10.9 Å². The topological polar surface area (TPSA) is 87.7 Å². The molecule has 0 radical (unpaired) electrons. The number of carbonyl (C=O) groups excluding carboxylic acids is 1. The summed E-state index contributed by atoms with van der Waals surface area (Å²) in [6.07, 6.45) is 4.15. The van der Waals surface area contributed by atoms with E-state index in [9.17, 15) is 4.79 Å². The second kappa shape index (κ2) is 5.00. The second-order valence-electron chi connectivity index (χ2n) is 4.03. The van der Waals surface area contributed by atoms with Crippen molar-refractivity contribution in [1.82, 2.24) is 5.32 Å². The average Bonchev–Trinajstić information content (AvgIpc) is 2.75. The van der Waals surface area contributed by atoms with Crippen molar-refractivity contribution in [2.24, 2.45) is 16.3 Å². The van der Waals surface area contributed by atoms with Crippen LogP contribution < -0.4 is 11.1 Å². The Bertz CT molecular complexity index is 257. The molecule has 4 N–H and O–H groups in total. The SMILES string of the molecule is CCCNC(=O)C1(C(N)=NO)CCCC1. The Morgan fingerprint density at radius 3 is 2.60 bits per heavy atom. The lowest BCUT2D eigenvalue weighted by Crippen LogP contribution is -2.48. The fraction of sp³-hybridized carbons (Fsp3) is 0.800. The smallest absolute Gasteiger partial charge is 0.233 e. The zero-order valence-electron chi connectivity index (χ0n) is 9.12. The number of nitrogens with one attached hydrogen (secondary N) is 1. The number of hydrogen-bond donors (Lipinski definition) is 3. The van der Waals surface area contributed by atoms with Crippen LogP contribution in [0.1, 0.15) is 39.0 Å². The highest BCUT2D eigenvalue weighted by atomic mass is 16.4. The molecular weight excluding hydrogens is 194 g/mol. The zero-order chi connectivity index (χ0) is 11.3. The van der Waals surface area contributed by atoms with Crippen LogP contribution in [0.4, 0.5) is 0 Å². The van der Waals surface area contributed by atoms with Gasteiger partial charge in [0.2, 0.25) is 5.91 Å². The third-order valence-electron chi connectivity index (χ3n) is 3.03. The molecule has 1 aliphatic carbocycles. The predicted molar refractivity (Wildman–Crippen MR) is 57.6 cm³/mol. The van der Waals surface area contributed by atoms with Gasteiger partial charge in [-0.25, -0.2) is 0 Å². The molecule has 15 heavy (non-hydrogen) atoms. The first kappa shape index (κ1) is 11.8. The molecule has 0 bridgehead atoms. The van der Waals surface area contributed by atoms with Gasteiger partial charge in [0.1, 0.15) is 5.41 Å². The fourth-order valence-corrected chi connectivity index (χ4v) is 2.08. The van der Waals surface area contributed by atoms with Crippen LogP contribution in [0, 0.1) is 5.41 Å². The third-order valence-corrected chi connectivity index (χ3v) is 3.03. The minimum atomic E-state index is -0.760. The van der Waals surface area contributed by atoms with Crippen molar-refractivity contribution in [1.29, 1.82) is 0 Å². The van der Waals surface area contributed by atoms with Gasteiger partial charge in [-0.1, -0.05) is 24.9 Å². The van der Waals surface area contributed by atoms with Gasteiger partial charge in [-0.05, 0) is 19.3 Å². The molecule has 0 aromatic rings. The third kappa shape index (κ3) is 2.22. The van der Waals surface area contributed by atoms with Crippen molar-refractivity contribution in [2.75, 3.05) is 6.54 Å². The van der Waals surface area contributed by atoms with Gasteiger partial charge in [-0.3, -0.25) is 4.79 Å². The molecular formula is C10H19N3O2. The van der Waals surface area contributed by atoms with Crippen LogP contribution in [0.25, 0.3) is 0 Å². The standard InChI is InChI=1S/C10H19N3O2/c1-2-7-12-9(14)10(8(11)13-15)5-3-4-6-10/h15H,2-7H2,1H3,(H2,11,13)(H,12,14). The summed E-state index contributed by atoms with van der Waals surface area (Å²) in [5, 5.41) is 14.5. The van der Waals surface area contributed by atoms with E-state index in [2.05, 4.69) is 10.5 Å². The lowest BCUT2D eigenvalue weighted by molar-refractivity contribution is -0.127. The zero-order valence-corrected chi connectivity index (χ0v) is 9.12. The molecule has 0 unspecified atom stereocenters. The number of amidine groups is 1. The minimum absolute atomic E-state index is 0.0496. The summed E-state index contributed by atoms with van der Waals surface area (Å²) in [6.45, 7) is 2.63. The minimum Gasteiger partial charge on any atom is -0.409 e. The van der Waals surface area contributed by atoms with Crippen molar-refractivity contribution in [3.05, 3.63) is 0 Å². The lowest BCUT2D eigenvalue weighted by Gasteiger charge is -2.25. The summed E-state index contributed by atoms with van der Waals surface area (Å²) in [5.41, 5.74) is 4.87. The number of carbonyl (C=O) groups is 1. The molecule has 0 aromatic carbocycles. The summed E-state index contributed by atoms with van der Waals surface area (Å²) in [5.74, 6) is -0.0502. The van der Waals surface area contributed by atoms with Gasteiger partial charge in [0.25, 0.3) is 0 Å². The normalized spacial score (nSPS) is 20.2. The quantitative estimate of drug-likeness (QED) is 0.279. The van der Waals surface area contributed by atoms with Crippen LogP contribution in [0.5, 0.6) is 0 Å². The van der Waals surface area contributed by atoms with Crippen LogP contribution in [0.15, 0.2) is 5.16 Å². The number of hydrogen-bond acceptors (Lipinski definition) is 3. The molecule has 1 saturated carbocycles. The van der Waals surface area contributed by atoms with Crippen LogP contribution in [-0.4, -0.2) is 23.5 Å². The first-order valence-electron chi connectivity index (χ1n) is 5.43. The molecule has 0 spiro atoms. The summed E-state index contributed by atoms with van der Waals surface area (Å²) in [6, 6.07) is 0. The Morgan fingerprint density at radius 1 is 1.53 bits per heavy atom. The van der Waals surface area contributed by atoms with Gasteiger partial charge in [-0.15, -0.1) is 0 Å². The van der Waals surface area contributed by atoms with E-state index in [1.165, 1.54) is 0 Å². The maximum absolute atomic E-state index is 11.9. The summed E-state index contributed by atoms with van der Waals surface area (Å²) >= 11 is 0. The van der Waals surface area contributed by atoms with Gasteiger partial charge in [0.05, 0.1) is 0 Å². The van der Waals surface area contributed by atoms with Gasteiger partial charge in [0.15, 0.2) is 5.84 Å². The Kier molecular flexibility index (Phi) is 3.94. The molecule has 1 amide bonds. The predicted octanol–water partition coefficient (Wildman–Crippen LogP) is 0.819. The van der Waals surface area contributed by atoms with E-state index in [1.54, 1.807) is 0 Å². The van der Waals surface area contributed by atoms with Crippen LogP contribution in [0.3, 0.4) is 0 Å². The molecule has 0 saturated heterocycles. The van der Waals surface area contributed by atoms with E-state index in [-0.39, 0.29) is 11.7 Å². The molecule has 1 fully saturated rings. The highest BCUT2D eigenvalue weighted by Crippen LogP contribution is 2.38. The van der Waals surface area contributed by atoms with Gasteiger partial charge in [0, 0.05) is 6.54 Å². The Balaban J connectivity index is 2.77. The summed E-state index contributed by atoms with van der Waals surface area (Å²) in [7, 11) is 0. The fourth-order valence-electron chi connectivity index (χ4n) is 2.08. The van der Waals surface area contributed by atoms with Crippen molar-refractivity contribution in [2.45, 2.75) is 39.0 Å². The van der Waals surface area contributed by atoms with Crippen molar-refractivity contribution in [3.63, 3.8) is 0 Å². The van der Waals surface area contributed by atoms with Crippen molar-refractivity contribution >= 4 is 11.7 Å². The van der Waals surface area contributed by atoms with Crippen LogP contribution >= 0.6 is 0 Å². The molecule has 0 heterocycles. The average molecular weight is 213 g/mol. The number of rotatable bonds is 4. The van der Waals surface area contributed by atoms with E-state index < -0.39 is 5.41 Å². The molecule has 1 aliphatic rings. The summed E-state index contributed by atoms with van der Waals surface area (Å²) < 4.78 is 0. The number of nitrogens with two attached hydrogens (primary N) is 1. The Labute approximate surface area is 89.7 Å². The molecule has 0 aromatic heterocycles. The number of oxime groups is 1. The first-order valence-corrected chi connectivity index (χ1v) is 5.43. The Hall–Kier alpha value is -1.26. The van der Waals surface area contributed by atoms with Gasteiger partial charge in [-0.2, -0.15) is 0 Å². The van der Waals surface area contributed by atoms with Crippen LogP contribution in [0.2, 0.25) is 0 Å². The molecule has 1 rings (SSSR count). The highest BCUT2D eigenvalue weighted by molar-refractivity contribution is 6.07. The summed E-state index contributed by atoms with van der Waals surface area (Å²) in [4.78, 5) is 11.9. The first-order chi connectivity index (χ1) is 7.17.